The molecule has 0 spiro atoms. The number of aryl methyl sites for hydroxylation is 1. The Bertz CT molecular complexity index is 207. The predicted molar refractivity (Wildman–Crippen MR) is 53.4 cm³/mol. The summed E-state index contributed by atoms with van der Waals surface area (Å²) in [5.41, 5.74) is 5.47. The fraction of sp³-hybridized carbons (Fsp3) is 0.667. The van der Waals surface area contributed by atoms with Crippen molar-refractivity contribution in [3.8, 4) is 0 Å². The van der Waals surface area contributed by atoms with Crippen LogP contribution < -0.4 is 11.1 Å². The van der Waals surface area contributed by atoms with Crippen LogP contribution in [0.25, 0.3) is 0 Å². The first-order valence-electron chi connectivity index (χ1n) is 4.74. The van der Waals surface area contributed by atoms with Gasteiger partial charge in [0.25, 0.3) is 0 Å². The van der Waals surface area contributed by atoms with Crippen LogP contribution >= 0.6 is 0 Å². The molecule has 0 bridgehead atoms. The van der Waals surface area contributed by atoms with Gasteiger partial charge in [0.05, 0.1) is 0 Å². The SMILES string of the molecule is CC(CN)NCCCn1cccn1. The molecule has 1 heterocycles. The van der Waals surface area contributed by atoms with Crippen molar-refractivity contribution in [1.29, 1.82) is 0 Å². The summed E-state index contributed by atoms with van der Waals surface area (Å²) in [5.74, 6) is 0. The zero-order valence-corrected chi connectivity index (χ0v) is 8.11. The average molecular weight is 182 g/mol. The highest BCUT2D eigenvalue weighted by molar-refractivity contribution is 4.77. The quantitative estimate of drug-likeness (QED) is 0.618. The van der Waals surface area contributed by atoms with Gasteiger partial charge in [-0.25, -0.2) is 0 Å². The highest BCUT2D eigenvalue weighted by Gasteiger charge is 1.96. The second-order valence-corrected chi connectivity index (χ2v) is 3.21. The molecule has 0 saturated carbocycles. The van der Waals surface area contributed by atoms with Crippen molar-refractivity contribution in [1.82, 2.24) is 15.1 Å². The van der Waals surface area contributed by atoms with Gasteiger partial charge < -0.3 is 11.1 Å². The topological polar surface area (TPSA) is 55.9 Å². The second-order valence-electron chi connectivity index (χ2n) is 3.21. The molecule has 1 aromatic rings. The highest BCUT2D eigenvalue weighted by Crippen LogP contribution is 1.88. The molecule has 74 valence electrons. The fourth-order valence-electron chi connectivity index (χ4n) is 1.11. The Morgan fingerprint density at radius 3 is 3.08 bits per heavy atom. The lowest BCUT2D eigenvalue weighted by atomic mass is 10.3. The van der Waals surface area contributed by atoms with Gasteiger partial charge >= 0.3 is 0 Å². The summed E-state index contributed by atoms with van der Waals surface area (Å²) in [6, 6.07) is 2.35. The van der Waals surface area contributed by atoms with Crippen LogP contribution in [0.1, 0.15) is 13.3 Å². The molecule has 0 aliphatic rings. The standard InChI is InChI=1S/C9H18N4/c1-9(8-10)11-4-2-6-13-7-3-5-12-13/h3,5,7,9,11H,2,4,6,8,10H2,1H3. The van der Waals surface area contributed by atoms with Gasteiger partial charge in [-0.2, -0.15) is 5.10 Å². The van der Waals surface area contributed by atoms with Gasteiger partial charge in [-0.15, -0.1) is 0 Å². The first-order valence-corrected chi connectivity index (χ1v) is 4.74. The largest absolute Gasteiger partial charge is 0.329 e. The zero-order valence-electron chi connectivity index (χ0n) is 8.11. The van der Waals surface area contributed by atoms with Crippen LogP contribution in [0.15, 0.2) is 18.5 Å². The normalized spacial score (nSPS) is 13.1. The van der Waals surface area contributed by atoms with Crippen molar-refractivity contribution in [2.45, 2.75) is 25.9 Å². The number of rotatable bonds is 6. The highest BCUT2D eigenvalue weighted by atomic mass is 15.3. The summed E-state index contributed by atoms with van der Waals surface area (Å²) < 4.78 is 1.94. The third-order valence-corrected chi connectivity index (χ3v) is 1.97. The van der Waals surface area contributed by atoms with Crippen molar-refractivity contribution in [2.24, 2.45) is 5.73 Å². The van der Waals surface area contributed by atoms with Crippen LogP contribution in [-0.2, 0) is 6.54 Å². The molecule has 0 aromatic carbocycles. The molecule has 0 radical (unpaired) electrons. The van der Waals surface area contributed by atoms with E-state index in [1.165, 1.54) is 0 Å². The van der Waals surface area contributed by atoms with E-state index in [1.54, 1.807) is 6.20 Å². The maximum atomic E-state index is 5.47. The van der Waals surface area contributed by atoms with E-state index in [0.717, 1.165) is 19.5 Å². The van der Waals surface area contributed by atoms with E-state index in [2.05, 4.69) is 17.3 Å². The summed E-state index contributed by atoms with van der Waals surface area (Å²) >= 11 is 0. The third-order valence-electron chi connectivity index (χ3n) is 1.97. The molecule has 0 saturated heterocycles. The Morgan fingerprint density at radius 1 is 1.62 bits per heavy atom. The molecule has 1 atom stereocenters. The summed E-state index contributed by atoms with van der Waals surface area (Å²) in [6.07, 6.45) is 4.87. The van der Waals surface area contributed by atoms with Crippen LogP contribution in [0.5, 0.6) is 0 Å². The third kappa shape index (κ3) is 4.05. The Labute approximate surface area is 79.1 Å². The monoisotopic (exact) mass is 182 g/mol. The molecule has 0 aliphatic heterocycles. The van der Waals surface area contributed by atoms with Crippen molar-refractivity contribution in [2.75, 3.05) is 13.1 Å². The fourth-order valence-corrected chi connectivity index (χ4v) is 1.11. The lowest BCUT2D eigenvalue weighted by Crippen LogP contribution is -2.34. The molecular weight excluding hydrogens is 164 g/mol. The van der Waals surface area contributed by atoms with Gasteiger partial charge in [0.1, 0.15) is 0 Å². The number of nitrogens with zero attached hydrogens (tertiary/aromatic N) is 2. The molecule has 13 heavy (non-hydrogen) atoms. The first-order chi connectivity index (χ1) is 6.33. The summed E-state index contributed by atoms with van der Waals surface area (Å²) in [4.78, 5) is 0. The lowest BCUT2D eigenvalue weighted by molar-refractivity contribution is 0.500. The molecule has 4 nitrogen and oxygen atoms in total. The van der Waals surface area contributed by atoms with Gasteiger partial charge in [0.2, 0.25) is 0 Å². The minimum Gasteiger partial charge on any atom is -0.329 e. The van der Waals surface area contributed by atoms with Crippen LogP contribution in [0.4, 0.5) is 0 Å². The summed E-state index contributed by atoms with van der Waals surface area (Å²) in [7, 11) is 0. The molecule has 1 aromatic heterocycles. The van der Waals surface area contributed by atoms with Crippen molar-refractivity contribution in [3.05, 3.63) is 18.5 Å². The van der Waals surface area contributed by atoms with E-state index < -0.39 is 0 Å². The second kappa shape index (κ2) is 5.72. The lowest BCUT2D eigenvalue weighted by Gasteiger charge is -2.10. The number of hydrogen-bond donors (Lipinski definition) is 2. The minimum absolute atomic E-state index is 0.414. The van der Waals surface area contributed by atoms with E-state index in [1.807, 2.05) is 16.9 Å². The van der Waals surface area contributed by atoms with Crippen molar-refractivity contribution >= 4 is 0 Å². The zero-order chi connectivity index (χ0) is 9.52. The maximum absolute atomic E-state index is 5.47. The first kappa shape index (κ1) is 10.2. The van der Waals surface area contributed by atoms with Crippen LogP contribution in [0.3, 0.4) is 0 Å². The average Bonchev–Trinajstić information content (AvgIpc) is 2.64. The Balaban J connectivity index is 2.02. The van der Waals surface area contributed by atoms with Gasteiger partial charge in [-0.05, 0) is 26.0 Å². The van der Waals surface area contributed by atoms with Crippen molar-refractivity contribution < 1.29 is 0 Å². The van der Waals surface area contributed by atoms with E-state index in [9.17, 15) is 0 Å². The van der Waals surface area contributed by atoms with Gasteiger partial charge in [0, 0.05) is 31.5 Å². The van der Waals surface area contributed by atoms with Crippen LogP contribution in [0, 0.1) is 0 Å². The van der Waals surface area contributed by atoms with E-state index in [-0.39, 0.29) is 0 Å². The molecule has 4 heteroatoms. The van der Waals surface area contributed by atoms with Crippen molar-refractivity contribution in [3.63, 3.8) is 0 Å². The number of nitrogens with two attached hydrogens (primary N) is 1. The minimum atomic E-state index is 0.414. The molecule has 0 amide bonds. The molecule has 1 unspecified atom stereocenters. The van der Waals surface area contributed by atoms with Gasteiger partial charge in [-0.3, -0.25) is 4.68 Å². The van der Waals surface area contributed by atoms with Gasteiger partial charge in [0.15, 0.2) is 0 Å². The van der Waals surface area contributed by atoms with E-state index >= 15 is 0 Å². The molecular formula is C9H18N4. The molecule has 0 aliphatic carbocycles. The smallest absolute Gasteiger partial charge is 0.0489 e. The maximum Gasteiger partial charge on any atom is 0.0489 e. The van der Waals surface area contributed by atoms with Crippen LogP contribution in [0.2, 0.25) is 0 Å². The predicted octanol–water partition coefficient (Wildman–Crippen LogP) is 0.210. The number of aromatic nitrogens is 2. The molecule has 0 fully saturated rings. The molecule has 1 rings (SSSR count). The Hall–Kier alpha value is -0.870. The number of hydrogen-bond acceptors (Lipinski definition) is 3. The summed E-state index contributed by atoms with van der Waals surface area (Å²) in [6.45, 7) is 4.76. The van der Waals surface area contributed by atoms with E-state index in [4.69, 9.17) is 5.73 Å². The summed E-state index contributed by atoms with van der Waals surface area (Å²) in [5, 5.41) is 7.45. The van der Waals surface area contributed by atoms with Gasteiger partial charge in [-0.1, -0.05) is 0 Å². The van der Waals surface area contributed by atoms with E-state index in [0.29, 0.717) is 12.6 Å². The molecule has 3 N–H and O–H groups in total. The Morgan fingerprint density at radius 2 is 2.46 bits per heavy atom. The van der Waals surface area contributed by atoms with Crippen LogP contribution in [-0.4, -0.2) is 28.9 Å². The number of nitrogens with one attached hydrogen (secondary N) is 1. The Kier molecular flexibility index (Phi) is 4.49.